The second-order valence-electron chi connectivity index (χ2n) is 2.95. The monoisotopic (exact) mass is 292 g/mol. The van der Waals surface area contributed by atoms with E-state index in [0.29, 0.717) is 5.02 Å². The number of halogens is 4. The summed E-state index contributed by atoms with van der Waals surface area (Å²) in [4.78, 5) is 7.06. The average molecular weight is 294 g/mol. The summed E-state index contributed by atoms with van der Waals surface area (Å²) in [5.41, 5.74) is 0. The van der Waals surface area contributed by atoms with Crippen LogP contribution < -0.4 is 4.74 Å². The average Bonchev–Trinajstić information content (AvgIpc) is 2.30. The van der Waals surface area contributed by atoms with Gasteiger partial charge in [-0.1, -0.05) is 29.3 Å². The fourth-order valence-electron chi connectivity index (χ4n) is 1.07. The van der Waals surface area contributed by atoms with Crippen molar-refractivity contribution in [2.24, 2.45) is 0 Å². The molecule has 2 rings (SSSR count). The van der Waals surface area contributed by atoms with Crippen LogP contribution >= 0.6 is 34.8 Å². The largest absolute Gasteiger partial charge is 0.435 e. The third-order valence-electron chi connectivity index (χ3n) is 1.81. The van der Waals surface area contributed by atoms with Gasteiger partial charge in [-0.2, -0.15) is 9.37 Å². The van der Waals surface area contributed by atoms with Crippen LogP contribution in [0.25, 0.3) is 0 Å². The zero-order chi connectivity index (χ0) is 12.4. The topological polar surface area (TPSA) is 35.0 Å². The van der Waals surface area contributed by atoms with E-state index >= 15 is 0 Å². The van der Waals surface area contributed by atoms with Crippen molar-refractivity contribution >= 4 is 34.8 Å². The van der Waals surface area contributed by atoms with Crippen LogP contribution in [-0.4, -0.2) is 9.97 Å². The standard InChI is InChI=1S/C10H4Cl3FN2O/c11-5-2-1-3-7(8(5)12)17-9-6(14)4-15-10(13)16-9/h1-4H. The smallest absolute Gasteiger partial charge is 0.260 e. The maximum Gasteiger partial charge on any atom is 0.260 e. The van der Waals surface area contributed by atoms with Crippen molar-refractivity contribution in [2.45, 2.75) is 0 Å². The Morgan fingerprint density at radius 3 is 2.71 bits per heavy atom. The first-order valence-corrected chi connectivity index (χ1v) is 5.51. The zero-order valence-electron chi connectivity index (χ0n) is 8.12. The minimum Gasteiger partial charge on any atom is -0.435 e. The van der Waals surface area contributed by atoms with E-state index in [4.69, 9.17) is 39.5 Å². The van der Waals surface area contributed by atoms with Gasteiger partial charge in [0.25, 0.3) is 5.88 Å². The lowest BCUT2D eigenvalue weighted by molar-refractivity contribution is 0.420. The van der Waals surface area contributed by atoms with Gasteiger partial charge in [-0.15, -0.1) is 0 Å². The van der Waals surface area contributed by atoms with Crippen LogP contribution in [0.1, 0.15) is 0 Å². The Balaban J connectivity index is 2.38. The molecule has 0 amide bonds. The van der Waals surface area contributed by atoms with E-state index in [1.807, 2.05) is 0 Å². The third-order valence-corrected chi connectivity index (χ3v) is 2.79. The van der Waals surface area contributed by atoms with Gasteiger partial charge in [0.1, 0.15) is 10.8 Å². The van der Waals surface area contributed by atoms with Crippen LogP contribution in [0.2, 0.25) is 15.3 Å². The molecule has 0 fully saturated rings. The summed E-state index contributed by atoms with van der Waals surface area (Å²) < 4.78 is 18.5. The fourth-order valence-corrected chi connectivity index (χ4v) is 1.53. The number of rotatable bonds is 2. The molecular weight excluding hydrogens is 289 g/mol. The molecule has 0 unspecified atom stereocenters. The van der Waals surface area contributed by atoms with Crippen molar-refractivity contribution in [3.05, 3.63) is 45.5 Å². The fraction of sp³-hybridized carbons (Fsp3) is 0. The molecule has 0 aliphatic rings. The molecule has 88 valence electrons. The minimum absolute atomic E-state index is 0.125. The predicted molar refractivity (Wildman–Crippen MR) is 63.5 cm³/mol. The first-order chi connectivity index (χ1) is 8.08. The van der Waals surface area contributed by atoms with Crippen molar-refractivity contribution in [3.8, 4) is 11.6 Å². The molecule has 0 atom stereocenters. The van der Waals surface area contributed by atoms with Crippen LogP contribution in [0.15, 0.2) is 24.4 Å². The van der Waals surface area contributed by atoms with Crippen molar-refractivity contribution < 1.29 is 9.13 Å². The molecule has 2 aromatic rings. The van der Waals surface area contributed by atoms with E-state index in [1.165, 1.54) is 6.07 Å². The summed E-state index contributed by atoms with van der Waals surface area (Å²) in [7, 11) is 0. The Morgan fingerprint density at radius 1 is 1.18 bits per heavy atom. The Morgan fingerprint density at radius 2 is 1.94 bits per heavy atom. The quantitative estimate of drug-likeness (QED) is 0.771. The highest BCUT2D eigenvalue weighted by molar-refractivity contribution is 6.42. The molecule has 0 aliphatic carbocycles. The highest BCUT2D eigenvalue weighted by Gasteiger charge is 2.12. The number of hydrogen-bond donors (Lipinski definition) is 0. The van der Waals surface area contributed by atoms with Gasteiger partial charge in [0.2, 0.25) is 11.1 Å². The van der Waals surface area contributed by atoms with E-state index in [0.717, 1.165) is 6.20 Å². The Hall–Kier alpha value is -1.10. The summed E-state index contributed by atoms with van der Waals surface area (Å²) in [6.45, 7) is 0. The van der Waals surface area contributed by atoms with Crippen molar-refractivity contribution in [1.29, 1.82) is 0 Å². The molecule has 0 aliphatic heterocycles. The highest BCUT2D eigenvalue weighted by Crippen LogP contribution is 2.34. The second-order valence-corrected chi connectivity index (χ2v) is 4.07. The summed E-state index contributed by atoms with van der Waals surface area (Å²) in [5.74, 6) is -0.868. The lowest BCUT2D eigenvalue weighted by Gasteiger charge is -2.07. The molecule has 7 heteroatoms. The lowest BCUT2D eigenvalue weighted by Crippen LogP contribution is -1.94. The van der Waals surface area contributed by atoms with Crippen LogP contribution in [0.5, 0.6) is 11.6 Å². The molecule has 0 radical (unpaired) electrons. The SMILES string of the molecule is Fc1cnc(Cl)nc1Oc1cccc(Cl)c1Cl. The van der Waals surface area contributed by atoms with E-state index in [1.54, 1.807) is 12.1 Å². The molecule has 1 aromatic heterocycles. The van der Waals surface area contributed by atoms with E-state index < -0.39 is 5.82 Å². The molecular formula is C10H4Cl3FN2O. The minimum atomic E-state index is -0.745. The first kappa shape index (κ1) is 12.4. The van der Waals surface area contributed by atoms with Gasteiger partial charge in [0.05, 0.1) is 11.2 Å². The Labute approximate surface area is 111 Å². The number of aromatic nitrogens is 2. The normalized spacial score (nSPS) is 10.4. The number of hydrogen-bond acceptors (Lipinski definition) is 3. The van der Waals surface area contributed by atoms with Gasteiger partial charge in [0, 0.05) is 0 Å². The molecule has 0 saturated heterocycles. The number of ether oxygens (including phenoxy) is 1. The Kier molecular flexibility index (Phi) is 3.66. The summed E-state index contributed by atoms with van der Waals surface area (Å²) in [6, 6.07) is 4.73. The van der Waals surface area contributed by atoms with Crippen LogP contribution in [0.4, 0.5) is 4.39 Å². The summed E-state index contributed by atoms with van der Waals surface area (Å²) in [5, 5.41) is 0.340. The highest BCUT2D eigenvalue weighted by atomic mass is 35.5. The maximum atomic E-state index is 13.3. The van der Waals surface area contributed by atoms with Gasteiger partial charge >= 0.3 is 0 Å². The van der Waals surface area contributed by atoms with Crippen molar-refractivity contribution in [3.63, 3.8) is 0 Å². The first-order valence-electron chi connectivity index (χ1n) is 4.38. The number of nitrogens with zero attached hydrogens (tertiary/aromatic N) is 2. The molecule has 3 nitrogen and oxygen atoms in total. The summed E-state index contributed by atoms with van der Waals surface area (Å²) in [6.07, 6.45) is 0.906. The Bertz CT molecular complexity index is 565. The predicted octanol–water partition coefficient (Wildman–Crippen LogP) is 4.37. The molecule has 1 heterocycles. The van der Waals surface area contributed by atoms with Crippen LogP contribution in [-0.2, 0) is 0 Å². The van der Waals surface area contributed by atoms with Gasteiger partial charge in [-0.05, 0) is 23.7 Å². The van der Waals surface area contributed by atoms with E-state index in [2.05, 4.69) is 9.97 Å². The third kappa shape index (κ3) is 2.77. The summed E-state index contributed by atoms with van der Waals surface area (Å²) >= 11 is 17.2. The van der Waals surface area contributed by atoms with Gasteiger partial charge < -0.3 is 4.74 Å². The van der Waals surface area contributed by atoms with Crippen molar-refractivity contribution in [2.75, 3.05) is 0 Å². The molecule has 0 saturated carbocycles. The second kappa shape index (κ2) is 5.04. The molecule has 0 bridgehead atoms. The lowest BCUT2D eigenvalue weighted by atomic mass is 10.3. The molecule has 0 spiro atoms. The molecule has 17 heavy (non-hydrogen) atoms. The number of benzene rings is 1. The van der Waals surface area contributed by atoms with Crippen molar-refractivity contribution in [1.82, 2.24) is 9.97 Å². The van der Waals surface area contributed by atoms with Gasteiger partial charge in [-0.25, -0.2) is 4.98 Å². The maximum absolute atomic E-state index is 13.3. The van der Waals surface area contributed by atoms with E-state index in [-0.39, 0.29) is 21.9 Å². The van der Waals surface area contributed by atoms with Gasteiger partial charge in [-0.3, -0.25) is 0 Å². The van der Waals surface area contributed by atoms with Crippen LogP contribution in [0.3, 0.4) is 0 Å². The van der Waals surface area contributed by atoms with Crippen LogP contribution in [0, 0.1) is 5.82 Å². The van der Waals surface area contributed by atoms with Gasteiger partial charge in [0.15, 0.2) is 0 Å². The van der Waals surface area contributed by atoms with E-state index in [9.17, 15) is 4.39 Å². The molecule has 1 aromatic carbocycles. The zero-order valence-corrected chi connectivity index (χ0v) is 10.4. The molecule has 0 N–H and O–H groups in total.